The van der Waals surface area contributed by atoms with Crippen molar-refractivity contribution in [3.05, 3.63) is 27.2 Å². The third kappa shape index (κ3) is 3.61. The average molecular weight is 331 g/mol. The monoisotopic (exact) mass is 329 g/mol. The van der Waals surface area contributed by atoms with Crippen LogP contribution in [0.4, 0.5) is 18.9 Å². The van der Waals surface area contributed by atoms with Crippen molar-refractivity contribution in [2.24, 2.45) is 0 Å². The second kappa shape index (κ2) is 5.27. The minimum atomic E-state index is -4.91. The van der Waals surface area contributed by atoms with Crippen LogP contribution in [-0.4, -0.2) is 12.1 Å². The number of benzene rings is 1. The maximum atomic E-state index is 12.1. The lowest BCUT2D eigenvalue weighted by molar-refractivity contribution is -0.167. The Morgan fingerprint density at radius 1 is 1.47 bits per heavy atom. The molecule has 7 heteroatoms. The van der Waals surface area contributed by atoms with E-state index in [1.807, 2.05) is 0 Å². The van der Waals surface area contributed by atoms with E-state index in [1.165, 1.54) is 6.07 Å². The largest absolute Gasteiger partial charge is 0.471 e. The number of nitrogens with one attached hydrogen (secondary N) is 1. The molecule has 1 amide bonds. The first kappa shape index (κ1) is 14.3. The number of hydrogen-bond acceptors (Lipinski definition) is 1. The van der Waals surface area contributed by atoms with Crippen LogP contribution in [0, 0.1) is 0 Å². The molecular weight excluding hydrogens is 322 g/mol. The topological polar surface area (TPSA) is 29.1 Å². The van der Waals surface area contributed by atoms with Crippen molar-refractivity contribution in [2.45, 2.75) is 19.5 Å². The quantitative estimate of drug-likeness (QED) is 0.866. The molecular formula is C10H8BrClF3NO. The maximum absolute atomic E-state index is 12.1. The summed E-state index contributed by atoms with van der Waals surface area (Å²) in [7, 11) is 0. The van der Waals surface area contributed by atoms with Crippen LogP contribution in [-0.2, 0) is 11.2 Å². The molecule has 0 aliphatic carbocycles. The molecule has 0 unspecified atom stereocenters. The number of anilines is 1. The molecule has 0 bridgehead atoms. The first-order chi connectivity index (χ1) is 7.75. The summed E-state index contributed by atoms with van der Waals surface area (Å²) in [5, 5.41) is 2.04. The van der Waals surface area contributed by atoms with Crippen molar-refractivity contribution < 1.29 is 18.0 Å². The van der Waals surface area contributed by atoms with Crippen LogP contribution in [0.15, 0.2) is 16.6 Å². The molecule has 0 radical (unpaired) electrons. The zero-order valence-electron chi connectivity index (χ0n) is 8.66. The molecule has 1 aromatic rings. The number of alkyl halides is 3. The van der Waals surface area contributed by atoms with Gasteiger partial charge < -0.3 is 5.32 Å². The first-order valence-electron chi connectivity index (χ1n) is 4.61. The number of aryl methyl sites for hydroxylation is 1. The van der Waals surface area contributed by atoms with E-state index in [1.54, 1.807) is 18.3 Å². The molecule has 1 aromatic carbocycles. The maximum Gasteiger partial charge on any atom is 0.471 e. The summed E-state index contributed by atoms with van der Waals surface area (Å²) in [6.07, 6.45) is -4.44. The minimum Gasteiger partial charge on any atom is -0.318 e. The Morgan fingerprint density at radius 2 is 2.06 bits per heavy atom. The molecule has 0 atom stereocenters. The lowest BCUT2D eigenvalue weighted by atomic mass is 10.1. The summed E-state index contributed by atoms with van der Waals surface area (Å²) in [5.74, 6) is -2.01. The van der Waals surface area contributed by atoms with Crippen molar-refractivity contribution in [1.29, 1.82) is 0 Å². The fourth-order valence-corrected chi connectivity index (χ4v) is 1.74. The van der Waals surface area contributed by atoms with Crippen molar-refractivity contribution in [2.75, 3.05) is 5.32 Å². The minimum absolute atomic E-state index is 0.0722. The number of carbonyl (C=O) groups is 1. The van der Waals surface area contributed by atoms with Gasteiger partial charge in [0.2, 0.25) is 0 Å². The van der Waals surface area contributed by atoms with Crippen LogP contribution >= 0.6 is 27.5 Å². The highest BCUT2D eigenvalue weighted by Crippen LogP contribution is 2.30. The molecule has 17 heavy (non-hydrogen) atoms. The van der Waals surface area contributed by atoms with Crippen molar-refractivity contribution in [3.63, 3.8) is 0 Å². The summed E-state index contributed by atoms with van der Waals surface area (Å²) in [4.78, 5) is 10.8. The lowest BCUT2D eigenvalue weighted by Gasteiger charge is -2.12. The van der Waals surface area contributed by atoms with Crippen LogP contribution in [0.5, 0.6) is 0 Å². The van der Waals surface area contributed by atoms with E-state index in [9.17, 15) is 18.0 Å². The molecule has 0 saturated heterocycles. The van der Waals surface area contributed by atoms with Gasteiger partial charge in [-0.2, -0.15) is 13.2 Å². The van der Waals surface area contributed by atoms with E-state index < -0.39 is 12.1 Å². The molecule has 1 N–H and O–H groups in total. The predicted molar refractivity (Wildman–Crippen MR) is 63.2 cm³/mol. The van der Waals surface area contributed by atoms with E-state index in [0.29, 0.717) is 16.5 Å². The molecule has 0 aliphatic heterocycles. The highest BCUT2D eigenvalue weighted by atomic mass is 79.9. The Bertz CT molecular complexity index is 448. The van der Waals surface area contributed by atoms with E-state index in [2.05, 4.69) is 15.9 Å². The summed E-state index contributed by atoms with van der Waals surface area (Å²) < 4.78 is 36.9. The highest BCUT2D eigenvalue weighted by Gasteiger charge is 2.38. The van der Waals surface area contributed by atoms with Gasteiger partial charge in [-0.05, 0) is 40.0 Å². The predicted octanol–water partition coefficient (Wildman–Crippen LogP) is 4.17. The molecule has 2 nitrogen and oxygen atoms in total. The van der Waals surface area contributed by atoms with Crippen molar-refractivity contribution in [1.82, 2.24) is 0 Å². The molecule has 0 spiro atoms. The Morgan fingerprint density at radius 3 is 2.53 bits per heavy atom. The van der Waals surface area contributed by atoms with Crippen LogP contribution in [0.25, 0.3) is 0 Å². The summed E-state index contributed by atoms with van der Waals surface area (Å²) in [5.41, 5.74) is 0.641. The first-order valence-corrected chi connectivity index (χ1v) is 5.79. The standard InChI is InChI=1S/C10H8BrClF3NO/c1-2-5-3-6(11)7(12)4-8(5)16-9(17)10(13,14)15/h3-4H,2H2,1H3,(H,16,17). The van der Waals surface area contributed by atoms with Gasteiger partial charge in [0.05, 0.1) is 5.02 Å². The highest BCUT2D eigenvalue weighted by molar-refractivity contribution is 9.10. The van der Waals surface area contributed by atoms with Gasteiger partial charge in [0.1, 0.15) is 0 Å². The summed E-state index contributed by atoms with van der Waals surface area (Å²) in [6, 6.07) is 2.86. The van der Waals surface area contributed by atoms with Gasteiger partial charge in [0.15, 0.2) is 0 Å². The smallest absolute Gasteiger partial charge is 0.318 e. The number of carbonyl (C=O) groups excluding carboxylic acids is 1. The van der Waals surface area contributed by atoms with E-state index in [0.717, 1.165) is 0 Å². The third-order valence-corrected chi connectivity index (χ3v) is 3.23. The number of rotatable bonds is 2. The van der Waals surface area contributed by atoms with Crippen molar-refractivity contribution >= 4 is 39.1 Å². The number of hydrogen-bond donors (Lipinski definition) is 1. The van der Waals surface area contributed by atoms with Gasteiger partial charge in [-0.1, -0.05) is 18.5 Å². The van der Waals surface area contributed by atoms with Gasteiger partial charge in [0, 0.05) is 10.2 Å². The van der Waals surface area contributed by atoms with E-state index >= 15 is 0 Å². The van der Waals surface area contributed by atoms with E-state index in [-0.39, 0.29) is 10.7 Å². The SMILES string of the molecule is CCc1cc(Br)c(Cl)cc1NC(=O)C(F)(F)F. The molecule has 94 valence electrons. The van der Waals surface area contributed by atoms with E-state index in [4.69, 9.17) is 11.6 Å². The summed E-state index contributed by atoms with van der Waals surface area (Å²) >= 11 is 8.92. The van der Waals surface area contributed by atoms with Crippen LogP contribution < -0.4 is 5.32 Å². The number of halogens is 5. The Hall–Kier alpha value is -0.750. The van der Waals surface area contributed by atoms with Gasteiger partial charge in [-0.3, -0.25) is 4.79 Å². The van der Waals surface area contributed by atoms with Gasteiger partial charge in [-0.25, -0.2) is 0 Å². The normalized spacial score (nSPS) is 11.4. The Kier molecular flexibility index (Phi) is 4.43. The Labute approximate surface area is 109 Å². The number of amides is 1. The zero-order chi connectivity index (χ0) is 13.2. The lowest BCUT2D eigenvalue weighted by Crippen LogP contribution is -2.30. The fourth-order valence-electron chi connectivity index (χ4n) is 1.19. The third-order valence-electron chi connectivity index (χ3n) is 2.03. The van der Waals surface area contributed by atoms with Gasteiger partial charge in [-0.15, -0.1) is 0 Å². The molecule has 0 heterocycles. The Balaban J connectivity index is 3.06. The van der Waals surface area contributed by atoms with Gasteiger partial charge >= 0.3 is 12.1 Å². The molecule has 0 saturated carbocycles. The van der Waals surface area contributed by atoms with Crippen LogP contribution in [0.1, 0.15) is 12.5 Å². The molecule has 0 aromatic heterocycles. The zero-order valence-corrected chi connectivity index (χ0v) is 11.0. The van der Waals surface area contributed by atoms with Gasteiger partial charge in [0.25, 0.3) is 0 Å². The molecule has 0 fully saturated rings. The second-order valence-electron chi connectivity index (χ2n) is 3.23. The van der Waals surface area contributed by atoms with Crippen molar-refractivity contribution in [3.8, 4) is 0 Å². The molecule has 0 aliphatic rings. The van der Waals surface area contributed by atoms with Crippen LogP contribution in [0.2, 0.25) is 5.02 Å². The molecule has 1 rings (SSSR count). The fraction of sp³-hybridized carbons (Fsp3) is 0.300. The average Bonchev–Trinajstić information content (AvgIpc) is 2.21. The second-order valence-corrected chi connectivity index (χ2v) is 4.49. The van der Waals surface area contributed by atoms with Crippen LogP contribution in [0.3, 0.4) is 0 Å². The summed E-state index contributed by atoms with van der Waals surface area (Å²) in [6.45, 7) is 1.76.